The van der Waals surface area contributed by atoms with Gasteiger partial charge >= 0.3 is 40.2 Å². The molecular weight excluding hydrogens is 129 g/mol. The third kappa shape index (κ3) is 4.34. The van der Waals surface area contributed by atoms with Crippen LogP contribution in [0.25, 0.3) is 0 Å². The van der Waals surface area contributed by atoms with Gasteiger partial charge in [0, 0.05) is 0 Å². The molecule has 5 heavy (non-hydrogen) atoms. The molecule has 0 aromatic heterocycles. The van der Waals surface area contributed by atoms with Crippen molar-refractivity contribution in [3.63, 3.8) is 0 Å². The van der Waals surface area contributed by atoms with Crippen LogP contribution >= 0.6 is 15.8 Å². The molecule has 0 saturated heterocycles. The zero-order chi connectivity index (χ0) is 4.28. The van der Waals surface area contributed by atoms with Crippen molar-refractivity contribution in [2.45, 2.75) is 0 Å². The molecule has 0 aliphatic carbocycles. The molecular formula is C2H6BBrN+. The maximum atomic E-state index is 3.11. The van der Waals surface area contributed by atoms with E-state index in [-0.39, 0.29) is 0 Å². The number of rotatable bonds is 0. The average Bonchev–Trinajstić information content (AvgIpc) is 1.38. The molecule has 0 aromatic rings. The third-order valence-corrected chi connectivity index (χ3v) is 1.01. The van der Waals surface area contributed by atoms with E-state index in [4.69, 9.17) is 0 Å². The first kappa shape index (κ1) is 5.34. The monoisotopic (exact) mass is 134 g/mol. The molecule has 0 fully saturated rings. The molecule has 0 N–H and O–H groups in total. The summed E-state index contributed by atoms with van der Waals surface area (Å²) >= 11 is 3.11. The van der Waals surface area contributed by atoms with Gasteiger partial charge in [-0.15, -0.1) is 0 Å². The number of halogens is 1. The summed E-state index contributed by atoms with van der Waals surface area (Å²) in [6.07, 6.45) is 0. The van der Waals surface area contributed by atoms with Crippen molar-refractivity contribution in [3.05, 3.63) is 0 Å². The van der Waals surface area contributed by atoms with Crippen molar-refractivity contribution in [2.24, 2.45) is 0 Å². The summed E-state index contributed by atoms with van der Waals surface area (Å²) in [5, 5.41) is 0. The topological polar surface area (TPSA) is 3.01 Å². The van der Waals surface area contributed by atoms with E-state index >= 15 is 0 Å². The van der Waals surface area contributed by atoms with Crippen LogP contribution < -0.4 is 0 Å². The van der Waals surface area contributed by atoms with E-state index < -0.39 is 0 Å². The standard InChI is InChI=1S/C2H6BBrN/c1-5(2)3-4/h1-2H3/q+1. The fourth-order valence-electron chi connectivity index (χ4n) is 0. The van der Waals surface area contributed by atoms with Gasteiger partial charge in [0.15, 0.2) is 0 Å². The Morgan fingerprint density at radius 1 is 1.60 bits per heavy atom. The molecule has 0 atom stereocenters. The Morgan fingerprint density at radius 2 is 1.80 bits per heavy atom. The zero-order valence-corrected chi connectivity index (χ0v) is 4.99. The molecule has 0 unspecified atom stereocenters. The molecule has 0 bridgehead atoms. The number of hydrogen-bond acceptors (Lipinski definition) is 0. The average molecular weight is 135 g/mol. The molecule has 0 amide bonds. The van der Waals surface area contributed by atoms with Crippen molar-refractivity contribution in [1.29, 1.82) is 0 Å². The van der Waals surface area contributed by atoms with Crippen LogP contribution in [0, 0.1) is 0 Å². The fraction of sp³-hybridized carbons (Fsp3) is 1.00. The molecule has 0 aliphatic rings. The summed E-state index contributed by atoms with van der Waals surface area (Å²) in [6.45, 7) is 0. The van der Waals surface area contributed by atoms with Crippen molar-refractivity contribution in [3.8, 4) is 0 Å². The Balaban J connectivity index is 3.14. The minimum atomic E-state index is 1.81. The van der Waals surface area contributed by atoms with Crippen LogP contribution in [0.4, 0.5) is 0 Å². The molecule has 0 spiro atoms. The van der Waals surface area contributed by atoms with Gasteiger partial charge in [-0.1, -0.05) is 0 Å². The molecule has 28 valence electrons. The van der Waals surface area contributed by atoms with Crippen LogP contribution in [0.3, 0.4) is 0 Å². The van der Waals surface area contributed by atoms with Gasteiger partial charge in [-0.05, 0) is 0 Å². The summed E-state index contributed by atoms with van der Waals surface area (Å²) in [7, 11) is 3.91. The quantitative estimate of drug-likeness (QED) is 0.424. The molecule has 0 aromatic carbocycles. The Labute approximate surface area is 40.9 Å². The normalized spacial score (nSPS) is 6.20. The summed E-state index contributed by atoms with van der Waals surface area (Å²) in [5.74, 6) is 1.81. The van der Waals surface area contributed by atoms with E-state index in [1.54, 1.807) is 0 Å². The Kier molecular flexibility index (Phi) is 2.75. The third-order valence-electron chi connectivity index (χ3n) is 0.195. The molecule has 0 heterocycles. The van der Waals surface area contributed by atoms with Crippen molar-refractivity contribution in [1.82, 2.24) is 0 Å². The van der Waals surface area contributed by atoms with Gasteiger partial charge in [0.1, 0.15) is 0 Å². The number of hydrogen-bond donors (Lipinski definition) is 0. The van der Waals surface area contributed by atoms with Crippen LogP contribution in [0.15, 0.2) is 0 Å². The molecule has 1 nitrogen and oxygen atoms in total. The van der Waals surface area contributed by atoms with Gasteiger partial charge in [-0.25, -0.2) is 0 Å². The SMILES string of the molecule is C[N+](C)=BBr. The van der Waals surface area contributed by atoms with Gasteiger partial charge in [-0.2, -0.15) is 0 Å². The second kappa shape index (κ2) is 2.58. The number of nitrogens with zero attached hydrogens (tertiary/aromatic N) is 1. The molecule has 0 rings (SSSR count). The van der Waals surface area contributed by atoms with E-state index in [1.165, 1.54) is 0 Å². The second-order valence-corrected chi connectivity index (χ2v) is 1.47. The zero-order valence-electron chi connectivity index (χ0n) is 3.40. The van der Waals surface area contributed by atoms with Crippen LogP contribution in [-0.4, -0.2) is 24.5 Å². The van der Waals surface area contributed by atoms with Crippen LogP contribution in [0.5, 0.6) is 0 Å². The minimum absolute atomic E-state index is 1.81. The fourth-order valence-corrected chi connectivity index (χ4v) is 0. The summed E-state index contributed by atoms with van der Waals surface area (Å²) in [5.41, 5.74) is 0. The molecule has 0 saturated carbocycles. The van der Waals surface area contributed by atoms with E-state index in [9.17, 15) is 0 Å². The Hall–Kier alpha value is 0.345. The van der Waals surface area contributed by atoms with Crippen molar-refractivity contribution < 1.29 is 4.48 Å². The van der Waals surface area contributed by atoms with Crippen LogP contribution in [-0.2, 0) is 0 Å². The maximum absolute atomic E-state index is 3.11. The molecule has 0 radical (unpaired) electrons. The molecule has 3 heteroatoms. The first-order valence-corrected chi connectivity index (χ1v) is 2.29. The van der Waals surface area contributed by atoms with Gasteiger partial charge in [0.2, 0.25) is 0 Å². The van der Waals surface area contributed by atoms with Gasteiger partial charge < -0.3 is 0 Å². The predicted molar refractivity (Wildman–Crippen MR) is 26.8 cm³/mol. The molecule has 0 aliphatic heterocycles. The summed E-state index contributed by atoms with van der Waals surface area (Å²) in [4.78, 5) is 0. The predicted octanol–water partition coefficient (Wildman–Crippen LogP) is 0.456. The van der Waals surface area contributed by atoms with E-state index in [1.807, 2.05) is 24.5 Å². The Bertz CT molecular complexity index is 47.6. The van der Waals surface area contributed by atoms with Crippen molar-refractivity contribution >= 4 is 21.7 Å². The summed E-state index contributed by atoms with van der Waals surface area (Å²) in [6, 6.07) is 0. The first-order valence-electron chi connectivity index (χ1n) is 1.37. The van der Waals surface area contributed by atoms with Crippen LogP contribution in [0.2, 0.25) is 0 Å². The first-order chi connectivity index (χ1) is 2.27. The van der Waals surface area contributed by atoms with Gasteiger partial charge in [-0.3, -0.25) is 0 Å². The van der Waals surface area contributed by atoms with E-state index in [0.717, 1.165) is 0 Å². The van der Waals surface area contributed by atoms with Crippen LogP contribution in [0.1, 0.15) is 0 Å². The van der Waals surface area contributed by atoms with E-state index in [0.29, 0.717) is 0 Å². The van der Waals surface area contributed by atoms with Gasteiger partial charge in [0.05, 0.1) is 0 Å². The van der Waals surface area contributed by atoms with Crippen molar-refractivity contribution in [2.75, 3.05) is 14.1 Å². The second-order valence-electron chi connectivity index (χ2n) is 1.06. The Morgan fingerprint density at radius 3 is 1.80 bits per heavy atom. The summed E-state index contributed by atoms with van der Waals surface area (Å²) < 4.78 is 1.92. The van der Waals surface area contributed by atoms with E-state index in [2.05, 4.69) is 15.8 Å². The van der Waals surface area contributed by atoms with Gasteiger partial charge in [0.25, 0.3) is 0 Å².